The van der Waals surface area contributed by atoms with Crippen LogP contribution in [0.3, 0.4) is 0 Å². The molecular weight excluding hydrogens is 374 g/mol. The Morgan fingerprint density at radius 2 is 1.89 bits per heavy atom. The van der Waals surface area contributed by atoms with Crippen molar-refractivity contribution in [2.24, 2.45) is 0 Å². The Morgan fingerprint density at radius 1 is 1.07 bits per heavy atom. The van der Waals surface area contributed by atoms with Gasteiger partial charge in [0.05, 0.1) is 5.69 Å². The van der Waals surface area contributed by atoms with Crippen molar-refractivity contribution in [1.29, 1.82) is 0 Å². The highest BCUT2D eigenvalue weighted by Crippen LogP contribution is 2.12. The molecule has 3 heterocycles. The summed E-state index contributed by atoms with van der Waals surface area (Å²) in [7, 11) is 0. The molecule has 3 aromatic heterocycles. The second-order valence-corrected chi connectivity index (χ2v) is 7.34. The molecule has 8 heteroatoms. The minimum atomic E-state index is -0.313. The summed E-state index contributed by atoms with van der Waals surface area (Å²) in [6, 6.07) is 11.9. The average Bonchev–Trinajstić information content (AvgIpc) is 3.36. The highest BCUT2D eigenvalue weighted by Gasteiger charge is 2.17. The molecule has 0 aliphatic carbocycles. The lowest BCUT2D eigenvalue weighted by molar-refractivity contribution is 0.558. The highest BCUT2D eigenvalue weighted by molar-refractivity contribution is 7.03. The van der Waals surface area contributed by atoms with Crippen molar-refractivity contribution in [2.75, 3.05) is 0 Å². The molecule has 0 amide bonds. The highest BCUT2D eigenvalue weighted by atomic mass is 32.1. The van der Waals surface area contributed by atoms with Crippen LogP contribution in [0.5, 0.6) is 0 Å². The van der Waals surface area contributed by atoms with Crippen LogP contribution in [0.1, 0.15) is 30.4 Å². The zero-order chi connectivity index (χ0) is 19.5. The number of nitrogens with zero attached hydrogens (tertiary/aromatic N) is 4. The van der Waals surface area contributed by atoms with Crippen molar-refractivity contribution in [1.82, 2.24) is 23.5 Å². The zero-order valence-corrected chi connectivity index (χ0v) is 16.4. The lowest BCUT2D eigenvalue weighted by atomic mass is 10.1. The fraction of sp³-hybridized carbons (Fsp3) is 0.300. The van der Waals surface area contributed by atoms with Gasteiger partial charge in [0.2, 0.25) is 0 Å². The van der Waals surface area contributed by atoms with Gasteiger partial charge in [0.15, 0.2) is 5.65 Å². The summed E-state index contributed by atoms with van der Waals surface area (Å²) in [5, 5.41) is 1.91. The van der Waals surface area contributed by atoms with Gasteiger partial charge in [-0.25, -0.2) is 9.78 Å². The molecule has 1 N–H and O–H groups in total. The molecule has 4 rings (SSSR count). The smallest absolute Gasteiger partial charge is 0.332 e. The van der Waals surface area contributed by atoms with Crippen molar-refractivity contribution >= 4 is 22.7 Å². The minimum Gasteiger partial charge on any atom is -0.336 e. The Kier molecular flexibility index (Phi) is 5.21. The first-order valence-electron chi connectivity index (χ1n) is 9.32. The Bertz CT molecular complexity index is 1190. The van der Waals surface area contributed by atoms with Gasteiger partial charge in [-0.2, -0.15) is 4.37 Å². The van der Waals surface area contributed by atoms with Crippen LogP contribution >= 0.6 is 11.5 Å². The van der Waals surface area contributed by atoms with Gasteiger partial charge < -0.3 is 4.98 Å². The summed E-state index contributed by atoms with van der Waals surface area (Å²) in [5.41, 5.74) is 2.21. The predicted molar refractivity (Wildman–Crippen MR) is 110 cm³/mol. The van der Waals surface area contributed by atoms with Gasteiger partial charge >= 0.3 is 5.69 Å². The molecule has 0 aliphatic rings. The number of benzene rings is 1. The van der Waals surface area contributed by atoms with E-state index in [-0.39, 0.29) is 11.2 Å². The van der Waals surface area contributed by atoms with Crippen molar-refractivity contribution < 1.29 is 0 Å². The van der Waals surface area contributed by atoms with Crippen LogP contribution in [0, 0.1) is 0 Å². The van der Waals surface area contributed by atoms with Gasteiger partial charge in [-0.3, -0.25) is 13.9 Å². The number of fused-ring (bicyclic) bond motifs is 1. The Hall–Kier alpha value is -3.00. The summed E-state index contributed by atoms with van der Waals surface area (Å²) < 4.78 is 7.20. The Labute approximate surface area is 165 Å². The lowest BCUT2D eigenvalue weighted by Crippen LogP contribution is -2.40. The molecule has 0 saturated heterocycles. The molecule has 0 fully saturated rings. The summed E-state index contributed by atoms with van der Waals surface area (Å²) in [6.07, 6.45) is 1.89. The van der Waals surface area contributed by atoms with Gasteiger partial charge in [0, 0.05) is 31.3 Å². The van der Waals surface area contributed by atoms with Crippen LogP contribution in [-0.2, 0) is 25.9 Å². The number of hydrogen-bond acceptors (Lipinski definition) is 5. The summed E-state index contributed by atoms with van der Waals surface area (Å²) in [4.78, 5) is 33.6. The van der Waals surface area contributed by atoms with E-state index in [9.17, 15) is 9.59 Å². The van der Waals surface area contributed by atoms with Crippen LogP contribution in [0.2, 0.25) is 0 Å². The van der Waals surface area contributed by atoms with Crippen molar-refractivity contribution in [3.8, 4) is 0 Å². The number of nitrogens with one attached hydrogen (secondary N) is 1. The number of aromatic nitrogens is 5. The van der Waals surface area contributed by atoms with Gasteiger partial charge in [0.25, 0.3) is 5.56 Å². The molecule has 0 spiro atoms. The summed E-state index contributed by atoms with van der Waals surface area (Å²) in [5.74, 6) is 0.675. The third-order valence-corrected chi connectivity index (χ3v) is 5.25. The third kappa shape index (κ3) is 3.55. The van der Waals surface area contributed by atoms with Crippen molar-refractivity contribution in [2.45, 2.75) is 39.3 Å². The largest absolute Gasteiger partial charge is 0.336 e. The molecule has 4 aromatic rings. The molecule has 0 atom stereocenters. The van der Waals surface area contributed by atoms with Gasteiger partial charge in [-0.15, -0.1) is 0 Å². The Balaban J connectivity index is 1.80. The van der Waals surface area contributed by atoms with Crippen LogP contribution in [0.25, 0.3) is 11.2 Å². The molecule has 7 nitrogen and oxygen atoms in total. The molecule has 28 heavy (non-hydrogen) atoms. The van der Waals surface area contributed by atoms with E-state index in [0.29, 0.717) is 49.3 Å². The third-order valence-electron chi connectivity index (χ3n) is 4.65. The first kappa shape index (κ1) is 18.4. The van der Waals surface area contributed by atoms with Gasteiger partial charge in [-0.1, -0.05) is 37.3 Å². The van der Waals surface area contributed by atoms with Gasteiger partial charge in [0.1, 0.15) is 11.3 Å². The maximum atomic E-state index is 13.0. The van der Waals surface area contributed by atoms with E-state index in [1.807, 2.05) is 48.7 Å². The van der Waals surface area contributed by atoms with E-state index in [1.165, 1.54) is 16.1 Å². The molecule has 0 unspecified atom stereocenters. The fourth-order valence-electron chi connectivity index (χ4n) is 3.30. The number of aryl methyl sites for hydroxylation is 2. The standard InChI is InChI=1S/C20H21N5O2S/c1-2-10-25-19(26)17-18(22-16(21-17)13-14-6-4-3-5-7-14)24(20(25)27)11-8-15-9-12-28-23-15/h3-7,9,12H,2,8,10-11,13H2,1H3,(H,21,22). The number of imidazole rings is 1. The molecule has 144 valence electrons. The minimum absolute atomic E-state index is 0.307. The van der Waals surface area contributed by atoms with E-state index in [4.69, 9.17) is 0 Å². The molecule has 0 aliphatic heterocycles. The topological polar surface area (TPSA) is 85.6 Å². The quantitative estimate of drug-likeness (QED) is 0.521. The SMILES string of the molecule is CCCn1c(=O)c2[nH]c(Cc3ccccc3)nc2n(CCc2ccsn2)c1=O. The number of hydrogen-bond donors (Lipinski definition) is 1. The summed E-state index contributed by atoms with van der Waals surface area (Å²) in [6.45, 7) is 2.76. The average molecular weight is 395 g/mol. The maximum Gasteiger partial charge on any atom is 0.332 e. The molecule has 0 saturated carbocycles. The lowest BCUT2D eigenvalue weighted by Gasteiger charge is -2.10. The second-order valence-electron chi connectivity index (χ2n) is 6.68. The van der Waals surface area contributed by atoms with E-state index in [0.717, 1.165) is 11.3 Å². The first-order chi connectivity index (χ1) is 13.7. The maximum absolute atomic E-state index is 13.0. The fourth-order valence-corrected chi connectivity index (χ4v) is 3.87. The van der Waals surface area contributed by atoms with Crippen LogP contribution in [0.4, 0.5) is 0 Å². The number of aromatic amines is 1. The summed E-state index contributed by atoms with van der Waals surface area (Å²) >= 11 is 1.39. The van der Waals surface area contributed by atoms with E-state index in [2.05, 4.69) is 14.3 Å². The normalized spacial score (nSPS) is 11.3. The first-order valence-corrected chi connectivity index (χ1v) is 10.2. The number of H-pyrrole nitrogens is 1. The molecule has 0 radical (unpaired) electrons. The second kappa shape index (κ2) is 7.93. The van der Waals surface area contributed by atoms with Crippen LogP contribution < -0.4 is 11.2 Å². The van der Waals surface area contributed by atoms with E-state index in [1.54, 1.807) is 4.57 Å². The predicted octanol–water partition coefficient (Wildman–Crippen LogP) is 2.59. The van der Waals surface area contributed by atoms with Crippen molar-refractivity contribution in [3.63, 3.8) is 0 Å². The van der Waals surface area contributed by atoms with Crippen molar-refractivity contribution in [3.05, 3.63) is 79.7 Å². The van der Waals surface area contributed by atoms with E-state index < -0.39 is 0 Å². The monoisotopic (exact) mass is 395 g/mol. The molecule has 1 aromatic carbocycles. The molecule has 0 bridgehead atoms. The Morgan fingerprint density at radius 3 is 2.61 bits per heavy atom. The van der Waals surface area contributed by atoms with Crippen LogP contribution in [-0.4, -0.2) is 23.5 Å². The number of rotatable bonds is 7. The van der Waals surface area contributed by atoms with Gasteiger partial charge in [-0.05, 0) is 29.6 Å². The zero-order valence-electron chi connectivity index (χ0n) is 15.6. The van der Waals surface area contributed by atoms with E-state index >= 15 is 0 Å². The molecular formula is C20H21N5O2S. The van der Waals surface area contributed by atoms with Crippen LogP contribution in [0.15, 0.2) is 51.4 Å².